The van der Waals surface area contributed by atoms with Gasteiger partial charge >= 0.3 is 0 Å². The Hall–Kier alpha value is -0.364. The van der Waals surface area contributed by atoms with Gasteiger partial charge in [-0.3, -0.25) is 0 Å². The molecule has 0 amide bonds. The maximum absolute atomic E-state index is 5.01. The van der Waals surface area contributed by atoms with Gasteiger partial charge in [0.05, 0.1) is 6.33 Å². The van der Waals surface area contributed by atoms with Crippen LogP contribution in [0.5, 0.6) is 0 Å². The number of rotatable bonds is 3. The zero-order chi connectivity index (χ0) is 6.53. The predicted octanol–water partition coefficient (Wildman–Crippen LogP) is -0.425. The minimum Gasteiger partial charge on any atom is -0.410 e. The number of H-pyrrole nitrogens is 1. The van der Waals surface area contributed by atoms with Crippen molar-refractivity contribution in [2.75, 3.05) is 0 Å². The Bertz CT molecular complexity index is 151. The number of nitrogens with two attached hydrogens (primary N) is 1. The van der Waals surface area contributed by atoms with Gasteiger partial charge in [-0.15, -0.1) is 6.42 Å². The molecule has 0 unspecified atom stereocenters. The third-order valence-corrected chi connectivity index (χ3v) is 0.995. The predicted molar refractivity (Wildman–Crippen MR) is 33.9 cm³/mol. The summed E-state index contributed by atoms with van der Waals surface area (Å²) in [7, 11) is 0. The van der Waals surface area contributed by atoms with Crippen LogP contribution in [0.15, 0.2) is 12.5 Å². The van der Waals surface area contributed by atoms with Gasteiger partial charge in [-0.2, -0.15) is 0 Å². The second-order valence-electron chi connectivity index (χ2n) is 1.65. The normalized spacial score (nSPS) is 8.90. The number of nitrogens with zero attached hydrogens (tertiary/aromatic N) is 1. The first kappa shape index (κ1) is 9.64. The van der Waals surface area contributed by atoms with Crippen molar-refractivity contribution in [2.45, 2.75) is 6.42 Å². The SMILES string of the molecule is NN[CH-]Cc1cnc[nH]1.[Co]. The number of aromatic amines is 1. The van der Waals surface area contributed by atoms with Gasteiger partial charge in [0.15, 0.2) is 0 Å². The maximum Gasteiger partial charge on any atom is 0.0920 e. The number of aromatic nitrogens is 2. The average molecular weight is 184 g/mol. The monoisotopic (exact) mass is 184 g/mol. The summed E-state index contributed by atoms with van der Waals surface area (Å²) in [6.07, 6.45) is 4.17. The minimum absolute atomic E-state index is 0. The third kappa shape index (κ3) is 2.97. The standard InChI is InChI=1S/C5H9N4.Co/c6-9-2-1-5-3-7-4-8-5;/h2-4,9H,1,6H2,(H,7,8);/q-1;. The number of imidazole rings is 1. The van der Waals surface area contributed by atoms with E-state index in [1.165, 1.54) is 0 Å². The molecule has 1 radical (unpaired) electrons. The van der Waals surface area contributed by atoms with Gasteiger partial charge in [0.1, 0.15) is 0 Å². The summed E-state index contributed by atoms with van der Waals surface area (Å²) in [5, 5.41) is 0. The first-order chi connectivity index (χ1) is 4.43. The van der Waals surface area contributed by atoms with Crippen LogP contribution < -0.4 is 11.3 Å². The summed E-state index contributed by atoms with van der Waals surface area (Å²) in [6.45, 7) is 1.74. The van der Waals surface area contributed by atoms with E-state index < -0.39 is 0 Å². The topological polar surface area (TPSA) is 66.7 Å². The molecule has 1 rings (SSSR count). The van der Waals surface area contributed by atoms with Crippen LogP contribution in [0.25, 0.3) is 0 Å². The summed E-state index contributed by atoms with van der Waals surface area (Å²) in [5.41, 5.74) is 3.48. The van der Waals surface area contributed by atoms with E-state index in [1.54, 1.807) is 19.1 Å². The Balaban J connectivity index is 0.000000810. The molecular weight excluding hydrogens is 175 g/mol. The summed E-state index contributed by atoms with van der Waals surface area (Å²) in [5.74, 6) is 5.01. The van der Waals surface area contributed by atoms with E-state index >= 15 is 0 Å². The summed E-state index contributed by atoms with van der Waals surface area (Å²) in [4.78, 5) is 6.76. The quantitative estimate of drug-likeness (QED) is 0.339. The molecular formula is C5H9CoN4-. The van der Waals surface area contributed by atoms with Gasteiger partial charge in [0.2, 0.25) is 0 Å². The van der Waals surface area contributed by atoms with Crippen molar-refractivity contribution in [3.05, 3.63) is 24.8 Å². The molecule has 0 aliphatic heterocycles. The van der Waals surface area contributed by atoms with Crippen LogP contribution >= 0.6 is 0 Å². The molecule has 1 heterocycles. The number of hydrogen-bond acceptors (Lipinski definition) is 3. The van der Waals surface area contributed by atoms with Crippen LogP contribution in [0, 0.1) is 6.54 Å². The fourth-order valence-electron chi connectivity index (χ4n) is 0.565. The summed E-state index contributed by atoms with van der Waals surface area (Å²) >= 11 is 0. The Morgan fingerprint density at radius 2 is 2.60 bits per heavy atom. The Kier molecular flexibility index (Phi) is 5.23. The molecule has 0 fully saturated rings. The summed E-state index contributed by atoms with van der Waals surface area (Å²) in [6, 6.07) is 0. The van der Waals surface area contributed by atoms with Crippen molar-refractivity contribution in [2.24, 2.45) is 5.84 Å². The molecule has 4 N–H and O–H groups in total. The Morgan fingerprint density at radius 3 is 3.10 bits per heavy atom. The zero-order valence-corrected chi connectivity index (χ0v) is 6.34. The largest absolute Gasteiger partial charge is 0.410 e. The average Bonchev–Trinajstić information content (AvgIpc) is 2.34. The van der Waals surface area contributed by atoms with Crippen molar-refractivity contribution in [3.8, 4) is 0 Å². The van der Waals surface area contributed by atoms with Crippen LogP contribution in [0.4, 0.5) is 0 Å². The van der Waals surface area contributed by atoms with Gasteiger partial charge in [-0.05, 0) is 0 Å². The van der Waals surface area contributed by atoms with Crippen molar-refractivity contribution in [1.29, 1.82) is 0 Å². The fourth-order valence-corrected chi connectivity index (χ4v) is 0.565. The van der Waals surface area contributed by atoms with Crippen LogP contribution in [0.3, 0.4) is 0 Å². The van der Waals surface area contributed by atoms with Crippen LogP contribution in [0.2, 0.25) is 0 Å². The second-order valence-corrected chi connectivity index (χ2v) is 1.65. The molecule has 0 aliphatic rings. The van der Waals surface area contributed by atoms with Crippen molar-refractivity contribution in [1.82, 2.24) is 15.4 Å². The van der Waals surface area contributed by atoms with Gasteiger partial charge in [-0.1, -0.05) is 0 Å². The molecule has 4 nitrogen and oxygen atoms in total. The van der Waals surface area contributed by atoms with Crippen molar-refractivity contribution in [3.63, 3.8) is 0 Å². The van der Waals surface area contributed by atoms with E-state index in [0.29, 0.717) is 0 Å². The molecule has 1 aromatic rings. The van der Waals surface area contributed by atoms with Crippen LogP contribution in [0.1, 0.15) is 5.69 Å². The molecule has 1 aromatic heterocycles. The Morgan fingerprint density at radius 1 is 1.80 bits per heavy atom. The number of hydrogen-bond donors (Lipinski definition) is 3. The van der Waals surface area contributed by atoms with E-state index in [9.17, 15) is 0 Å². The van der Waals surface area contributed by atoms with E-state index in [1.807, 2.05) is 0 Å². The molecule has 0 bridgehead atoms. The number of nitrogens with one attached hydrogen (secondary N) is 2. The van der Waals surface area contributed by atoms with Crippen molar-refractivity contribution < 1.29 is 16.8 Å². The maximum atomic E-state index is 5.01. The zero-order valence-electron chi connectivity index (χ0n) is 5.30. The smallest absolute Gasteiger partial charge is 0.0920 e. The molecule has 10 heavy (non-hydrogen) atoms. The van der Waals surface area contributed by atoms with E-state index in [4.69, 9.17) is 5.84 Å². The molecule has 0 aromatic carbocycles. The van der Waals surface area contributed by atoms with E-state index in [2.05, 4.69) is 15.4 Å². The fraction of sp³-hybridized carbons (Fsp3) is 0.200. The molecule has 0 saturated carbocycles. The Labute approximate surface area is 69.8 Å². The molecule has 0 spiro atoms. The van der Waals surface area contributed by atoms with Crippen molar-refractivity contribution >= 4 is 0 Å². The van der Waals surface area contributed by atoms with Gasteiger partial charge in [0.25, 0.3) is 0 Å². The first-order valence-electron chi connectivity index (χ1n) is 2.68. The molecule has 0 aliphatic carbocycles. The molecule has 0 saturated heterocycles. The van der Waals surface area contributed by atoms with E-state index in [-0.39, 0.29) is 16.8 Å². The van der Waals surface area contributed by atoms with Crippen LogP contribution in [-0.2, 0) is 23.2 Å². The minimum atomic E-state index is 0. The van der Waals surface area contributed by atoms with Gasteiger partial charge < -0.3 is 16.3 Å². The molecule has 59 valence electrons. The van der Waals surface area contributed by atoms with Gasteiger partial charge in [-0.25, -0.2) is 11.5 Å². The number of hydrazine groups is 1. The summed E-state index contributed by atoms with van der Waals surface area (Å²) < 4.78 is 0. The van der Waals surface area contributed by atoms with Crippen LogP contribution in [-0.4, -0.2) is 9.97 Å². The van der Waals surface area contributed by atoms with E-state index in [0.717, 1.165) is 12.1 Å². The first-order valence-corrected chi connectivity index (χ1v) is 2.68. The molecule has 5 heteroatoms. The third-order valence-electron chi connectivity index (χ3n) is 0.995. The second kappa shape index (κ2) is 5.42. The van der Waals surface area contributed by atoms with Gasteiger partial charge in [0, 0.05) is 28.7 Å². The molecule has 0 atom stereocenters.